The second-order valence-corrected chi connectivity index (χ2v) is 7.37. The van der Waals surface area contributed by atoms with Crippen LogP contribution in [0.2, 0.25) is 0 Å². The minimum absolute atomic E-state index is 0.000420. The SMILES string of the molecule is COc1cc([C@H]2C(C(=O)Nc3ccccn3)=C(C)NC3=C2C(=O)CCC3)ccc1O. The Morgan fingerprint density at radius 1 is 1.27 bits per heavy atom. The zero-order valence-corrected chi connectivity index (χ0v) is 16.9. The number of dihydropyridines is 1. The van der Waals surface area contributed by atoms with E-state index >= 15 is 0 Å². The molecule has 1 aliphatic heterocycles. The summed E-state index contributed by atoms with van der Waals surface area (Å²) in [7, 11) is 1.47. The normalized spacial score (nSPS) is 18.6. The molecule has 7 heteroatoms. The van der Waals surface area contributed by atoms with Crippen molar-refractivity contribution in [3.8, 4) is 11.5 Å². The number of Topliss-reactive ketones (excluding diaryl/α,β-unsaturated/α-hetero) is 1. The third-order valence-electron chi connectivity index (χ3n) is 5.46. The highest BCUT2D eigenvalue weighted by Crippen LogP contribution is 2.44. The van der Waals surface area contributed by atoms with E-state index in [1.54, 1.807) is 36.5 Å². The molecule has 0 radical (unpaired) electrons. The summed E-state index contributed by atoms with van der Waals surface area (Å²) in [5, 5.41) is 16.1. The number of pyridine rings is 1. The predicted octanol–water partition coefficient (Wildman–Crippen LogP) is 3.40. The number of aromatic hydroxyl groups is 1. The molecule has 0 bridgehead atoms. The molecule has 1 atom stereocenters. The van der Waals surface area contributed by atoms with Gasteiger partial charge in [-0.2, -0.15) is 0 Å². The number of phenols is 1. The number of anilines is 1. The maximum absolute atomic E-state index is 13.3. The monoisotopic (exact) mass is 405 g/mol. The number of carbonyl (C=O) groups is 2. The standard InChI is InChI=1S/C23H23N3O4/c1-13-20(23(29)26-19-8-3-4-11-24-19)21(14-9-10-16(27)18(12-14)30-2)22-15(25-13)6-5-7-17(22)28/h3-4,8-12,21,25,27H,5-7H2,1-2H3,(H,24,26,29)/t21-/m0/s1. The molecule has 3 N–H and O–H groups in total. The first-order chi connectivity index (χ1) is 14.5. The van der Waals surface area contributed by atoms with Crippen molar-refractivity contribution >= 4 is 17.5 Å². The predicted molar refractivity (Wildman–Crippen MR) is 112 cm³/mol. The lowest BCUT2D eigenvalue weighted by Crippen LogP contribution is -2.35. The van der Waals surface area contributed by atoms with Crippen molar-refractivity contribution in [3.63, 3.8) is 0 Å². The van der Waals surface area contributed by atoms with Crippen LogP contribution in [0.15, 0.2) is 65.1 Å². The maximum Gasteiger partial charge on any atom is 0.255 e. The van der Waals surface area contributed by atoms with Gasteiger partial charge in [-0.25, -0.2) is 4.98 Å². The van der Waals surface area contributed by atoms with Gasteiger partial charge in [-0.05, 0) is 49.6 Å². The number of methoxy groups -OCH3 is 1. The van der Waals surface area contributed by atoms with Gasteiger partial charge in [-0.1, -0.05) is 12.1 Å². The second kappa shape index (κ2) is 8.02. The molecular weight excluding hydrogens is 382 g/mol. The lowest BCUT2D eigenvalue weighted by atomic mass is 9.75. The van der Waals surface area contributed by atoms with E-state index in [0.29, 0.717) is 40.4 Å². The van der Waals surface area contributed by atoms with E-state index < -0.39 is 5.92 Å². The van der Waals surface area contributed by atoms with Gasteiger partial charge in [0.1, 0.15) is 5.82 Å². The molecule has 7 nitrogen and oxygen atoms in total. The van der Waals surface area contributed by atoms with Gasteiger partial charge in [0.15, 0.2) is 17.3 Å². The molecule has 1 amide bonds. The molecule has 2 heterocycles. The molecule has 0 spiro atoms. The Labute approximate surface area is 174 Å². The summed E-state index contributed by atoms with van der Waals surface area (Å²) in [5.41, 5.74) is 3.30. The zero-order valence-electron chi connectivity index (χ0n) is 16.9. The fourth-order valence-corrected chi connectivity index (χ4v) is 4.11. The highest BCUT2D eigenvalue weighted by atomic mass is 16.5. The minimum Gasteiger partial charge on any atom is -0.504 e. The van der Waals surface area contributed by atoms with Crippen LogP contribution in [-0.2, 0) is 9.59 Å². The third kappa shape index (κ3) is 3.54. The van der Waals surface area contributed by atoms with E-state index in [9.17, 15) is 14.7 Å². The van der Waals surface area contributed by atoms with Crippen LogP contribution in [0.25, 0.3) is 0 Å². The summed E-state index contributed by atoms with van der Waals surface area (Å²) in [4.78, 5) is 30.4. The Bertz CT molecular complexity index is 1070. The molecule has 2 aliphatic rings. The Morgan fingerprint density at radius 3 is 2.83 bits per heavy atom. The number of allylic oxidation sites excluding steroid dienone is 3. The van der Waals surface area contributed by atoms with Crippen molar-refractivity contribution in [2.24, 2.45) is 0 Å². The third-order valence-corrected chi connectivity index (χ3v) is 5.46. The molecule has 0 unspecified atom stereocenters. The van der Waals surface area contributed by atoms with E-state index in [0.717, 1.165) is 18.5 Å². The van der Waals surface area contributed by atoms with Crippen LogP contribution < -0.4 is 15.4 Å². The van der Waals surface area contributed by atoms with Crippen LogP contribution in [-0.4, -0.2) is 28.9 Å². The van der Waals surface area contributed by atoms with Gasteiger partial charge < -0.3 is 20.5 Å². The van der Waals surface area contributed by atoms with E-state index in [1.807, 2.05) is 6.92 Å². The quantitative estimate of drug-likeness (QED) is 0.721. The van der Waals surface area contributed by atoms with Crippen molar-refractivity contribution in [2.75, 3.05) is 12.4 Å². The van der Waals surface area contributed by atoms with Gasteiger partial charge in [-0.15, -0.1) is 0 Å². The van der Waals surface area contributed by atoms with Crippen LogP contribution in [0.5, 0.6) is 11.5 Å². The topological polar surface area (TPSA) is 101 Å². The van der Waals surface area contributed by atoms with E-state index in [1.165, 1.54) is 13.2 Å². The van der Waals surface area contributed by atoms with Gasteiger partial charge in [0.05, 0.1) is 7.11 Å². The van der Waals surface area contributed by atoms with Gasteiger partial charge >= 0.3 is 0 Å². The number of amides is 1. The van der Waals surface area contributed by atoms with Crippen LogP contribution in [0.1, 0.15) is 37.7 Å². The Morgan fingerprint density at radius 2 is 2.10 bits per heavy atom. The number of nitrogens with zero attached hydrogens (tertiary/aromatic N) is 1. The second-order valence-electron chi connectivity index (χ2n) is 7.37. The molecule has 30 heavy (non-hydrogen) atoms. The van der Waals surface area contributed by atoms with Gasteiger partial charge in [0.25, 0.3) is 5.91 Å². The molecule has 1 aromatic carbocycles. The molecule has 0 saturated carbocycles. The van der Waals surface area contributed by atoms with E-state index in [4.69, 9.17) is 4.74 Å². The van der Waals surface area contributed by atoms with Crippen LogP contribution >= 0.6 is 0 Å². The first-order valence-electron chi connectivity index (χ1n) is 9.83. The number of phenolic OH excluding ortho intramolecular Hbond substituents is 1. The van der Waals surface area contributed by atoms with Crippen LogP contribution in [0, 0.1) is 0 Å². The summed E-state index contributed by atoms with van der Waals surface area (Å²) in [6.07, 6.45) is 3.57. The van der Waals surface area contributed by atoms with Crippen LogP contribution in [0.3, 0.4) is 0 Å². The fraction of sp³-hybridized carbons (Fsp3) is 0.261. The highest BCUT2D eigenvalue weighted by Gasteiger charge is 2.38. The molecule has 0 saturated heterocycles. The van der Waals surface area contributed by atoms with Gasteiger partial charge in [0.2, 0.25) is 0 Å². The Kier molecular flexibility index (Phi) is 5.27. The van der Waals surface area contributed by atoms with Crippen LogP contribution in [0.4, 0.5) is 5.82 Å². The summed E-state index contributed by atoms with van der Waals surface area (Å²) < 4.78 is 5.26. The lowest BCUT2D eigenvalue weighted by Gasteiger charge is -2.34. The summed E-state index contributed by atoms with van der Waals surface area (Å²) in [5.74, 6) is -0.151. The zero-order chi connectivity index (χ0) is 21.3. The number of carbonyl (C=O) groups excluding carboxylic acids is 2. The number of rotatable bonds is 4. The van der Waals surface area contributed by atoms with Gasteiger partial charge in [-0.3, -0.25) is 9.59 Å². The molecule has 154 valence electrons. The van der Waals surface area contributed by atoms with Crippen molar-refractivity contribution in [3.05, 3.63) is 70.7 Å². The average molecular weight is 405 g/mol. The molecule has 4 rings (SSSR count). The molecular formula is C23H23N3O4. The van der Waals surface area contributed by atoms with E-state index in [2.05, 4.69) is 15.6 Å². The lowest BCUT2D eigenvalue weighted by molar-refractivity contribution is -0.116. The number of hydrogen-bond acceptors (Lipinski definition) is 6. The number of nitrogens with one attached hydrogen (secondary N) is 2. The van der Waals surface area contributed by atoms with Crippen molar-refractivity contribution < 1.29 is 19.4 Å². The summed E-state index contributed by atoms with van der Waals surface area (Å²) >= 11 is 0. The number of ketones is 1. The van der Waals surface area contributed by atoms with E-state index in [-0.39, 0.29) is 17.4 Å². The fourth-order valence-electron chi connectivity index (χ4n) is 4.11. The number of aromatic nitrogens is 1. The van der Waals surface area contributed by atoms with Crippen molar-refractivity contribution in [2.45, 2.75) is 32.1 Å². The largest absolute Gasteiger partial charge is 0.504 e. The molecule has 2 aromatic rings. The number of ether oxygens (including phenoxy) is 1. The smallest absolute Gasteiger partial charge is 0.255 e. The molecule has 0 fully saturated rings. The Hall–Kier alpha value is -3.61. The highest BCUT2D eigenvalue weighted by molar-refractivity contribution is 6.09. The number of hydrogen-bond donors (Lipinski definition) is 3. The first kappa shape index (κ1) is 19.7. The molecule has 1 aliphatic carbocycles. The summed E-state index contributed by atoms with van der Waals surface area (Å²) in [6, 6.07) is 10.2. The summed E-state index contributed by atoms with van der Waals surface area (Å²) in [6.45, 7) is 1.83. The minimum atomic E-state index is -0.563. The first-order valence-corrected chi connectivity index (χ1v) is 9.83. The van der Waals surface area contributed by atoms with Crippen molar-refractivity contribution in [1.29, 1.82) is 0 Å². The van der Waals surface area contributed by atoms with Gasteiger partial charge in [0, 0.05) is 41.1 Å². The van der Waals surface area contributed by atoms with Crippen molar-refractivity contribution in [1.82, 2.24) is 10.3 Å². The maximum atomic E-state index is 13.3. The Balaban J connectivity index is 1.82. The average Bonchev–Trinajstić information content (AvgIpc) is 2.74. The molecule has 1 aromatic heterocycles. The number of benzene rings is 1.